The van der Waals surface area contributed by atoms with Gasteiger partial charge in [0, 0.05) is 4.47 Å². The fraction of sp³-hybridized carbons (Fsp3) is 0.231. The van der Waals surface area contributed by atoms with Crippen LogP contribution in [0, 0.1) is 12.7 Å². The van der Waals surface area contributed by atoms with Crippen molar-refractivity contribution in [3.8, 4) is 11.5 Å². The van der Waals surface area contributed by atoms with Gasteiger partial charge in [-0.05, 0) is 48.0 Å². The molecule has 2 aromatic rings. The molecular formula is C13H11BrFNO3. The lowest BCUT2D eigenvalue weighted by Crippen LogP contribution is -2.04. The van der Waals surface area contributed by atoms with E-state index in [4.69, 9.17) is 9.15 Å². The largest absolute Gasteiger partial charge is 0.460 e. The zero-order valence-electron chi connectivity index (χ0n) is 10.4. The standard InChI is InChI=1S/C13H11BrFNO3/c1-3-18-13(17)11-7(2)16-12(19-11)9-6-8(15)4-5-10(9)14/h4-6H,3H2,1-2H3. The highest BCUT2D eigenvalue weighted by Crippen LogP contribution is 2.29. The van der Waals surface area contributed by atoms with E-state index in [1.165, 1.54) is 12.1 Å². The first-order chi connectivity index (χ1) is 9.02. The summed E-state index contributed by atoms with van der Waals surface area (Å²) in [6.45, 7) is 3.58. The molecular weight excluding hydrogens is 317 g/mol. The van der Waals surface area contributed by atoms with E-state index < -0.39 is 11.8 Å². The number of aryl methyl sites for hydroxylation is 1. The van der Waals surface area contributed by atoms with Crippen molar-refractivity contribution in [2.24, 2.45) is 0 Å². The number of hydrogen-bond donors (Lipinski definition) is 0. The molecule has 0 atom stereocenters. The van der Waals surface area contributed by atoms with Gasteiger partial charge in [0.05, 0.1) is 17.9 Å². The van der Waals surface area contributed by atoms with Crippen LogP contribution in [0.25, 0.3) is 11.5 Å². The quantitative estimate of drug-likeness (QED) is 0.806. The highest BCUT2D eigenvalue weighted by molar-refractivity contribution is 9.10. The van der Waals surface area contributed by atoms with E-state index in [0.717, 1.165) is 0 Å². The second-order valence-corrected chi connectivity index (χ2v) is 4.63. The molecule has 1 aromatic heterocycles. The Kier molecular flexibility index (Phi) is 3.99. The van der Waals surface area contributed by atoms with Crippen molar-refractivity contribution in [3.05, 3.63) is 39.9 Å². The van der Waals surface area contributed by atoms with E-state index in [1.807, 2.05) is 0 Å². The number of rotatable bonds is 3. The van der Waals surface area contributed by atoms with Crippen molar-refractivity contribution in [2.45, 2.75) is 13.8 Å². The Morgan fingerprint density at radius 1 is 1.53 bits per heavy atom. The third-order valence-electron chi connectivity index (χ3n) is 2.42. The number of nitrogens with zero attached hydrogens (tertiary/aromatic N) is 1. The summed E-state index contributed by atoms with van der Waals surface area (Å²) in [4.78, 5) is 15.7. The van der Waals surface area contributed by atoms with E-state index >= 15 is 0 Å². The Morgan fingerprint density at radius 2 is 2.26 bits per heavy atom. The fourth-order valence-electron chi connectivity index (χ4n) is 1.56. The van der Waals surface area contributed by atoms with Crippen LogP contribution >= 0.6 is 15.9 Å². The van der Waals surface area contributed by atoms with Crippen molar-refractivity contribution >= 4 is 21.9 Å². The van der Waals surface area contributed by atoms with Crippen LogP contribution in [-0.4, -0.2) is 17.6 Å². The Morgan fingerprint density at radius 3 is 2.95 bits per heavy atom. The molecule has 0 bridgehead atoms. The second-order valence-electron chi connectivity index (χ2n) is 3.78. The molecule has 0 spiro atoms. The molecule has 2 rings (SSSR count). The van der Waals surface area contributed by atoms with E-state index in [0.29, 0.717) is 15.7 Å². The average molecular weight is 328 g/mol. The maximum absolute atomic E-state index is 13.2. The second kappa shape index (κ2) is 5.52. The Balaban J connectivity index is 2.44. The maximum Gasteiger partial charge on any atom is 0.376 e. The first-order valence-electron chi connectivity index (χ1n) is 5.63. The molecule has 0 saturated heterocycles. The minimum Gasteiger partial charge on any atom is -0.460 e. The van der Waals surface area contributed by atoms with Gasteiger partial charge in [-0.1, -0.05) is 0 Å². The summed E-state index contributed by atoms with van der Waals surface area (Å²) >= 11 is 3.29. The number of carbonyl (C=O) groups is 1. The normalized spacial score (nSPS) is 10.5. The molecule has 0 aliphatic rings. The zero-order valence-corrected chi connectivity index (χ0v) is 12.0. The van der Waals surface area contributed by atoms with Gasteiger partial charge >= 0.3 is 5.97 Å². The number of ether oxygens (including phenoxy) is 1. The van der Waals surface area contributed by atoms with Crippen molar-refractivity contribution in [2.75, 3.05) is 6.61 Å². The molecule has 4 nitrogen and oxygen atoms in total. The Hall–Kier alpha value is -1.69. The number of hydrogen-bond acceptors (Lipinski definition) is 4. The SMILES string of the molecule is CCOC(=O)c1oc(-c2cc(F)ccc2Br)nc1C. The zero-order chi connectivity index (χ0) is 14.0. The van der Waals surface area contributed by atoms with Gasteiger partial charge in [0.25, 0.3) is 0 Å². The molecule has 0 amide bonds. The van der Waals surface area contributed by atoms with Crippen molar-refractivity contribution in [1.82, 2.24) is 4.98 Å². The molecule has 0 radical (unpaired) electrons. The van der Waals surface area contributed by atoms with Crippen LogP contribution in [0.4, 0.5) is 4.39 Å². The first kappa shape index (κ1) is 13.7. The lowest BCUT2D eigenvalue weighted by Gasteiger charge is -2.00. The van der Waals surface area contributed by atoms with Crippen LogP contribution in [0.1, 0.15) is 23.2 Å². The van der Waals surface area contributed by atoms with E-state index in [2.05, 4.69) is 20.9 Å². The number of halogens is 2. The molecule has 1 aromatic carbocycles. The first-order valence-corrected chi connectivity index (χ1v) is 6.42. The van der Waals surface area contributed by atoms with Gasteiger partial charge in [0.2, 0.25) is 11.7 Å². The van der Waals surface area contributed by atoms with Crippen LogP contribution < -0.4 is 0 Å². The average Bonchev–Trinajstić information content (AvgIpc) is 2.74. The van der Waals surface area contributed by atoms with Crippen LogP contribution in [0.5, 0.6) is 0 Å². The molecule has 6 heteroatoms. The highest BCUT2D eigenvalue weighted by atomic mass is 79.9. The smallest absolute Gasteiger partial charge is 0.376 e. The Labute approximate surface area is 117 Å². The number of aromatic nitrogens is 1. The van der Waals surface area contributed by atoms with E-state index in [-0.39, 0.29) is 18.3 Å². The predicted octanol–water partition coefficient (Wildman–Crippen LogP) is 3.73. The molecule has 0 fully saturated rings. The molecule has 0 aliphatic heterocycles. The van der Waals surface area contributed by atoms with Crippen molar-refractivity contribution < 1.29 is 18.3 Å². The molecule has 0 aliphatic carbocycles. The van der Waals surface area contributed by atoms with E-state index in [9.17, 15) is 9.18 Å². The summed E-state index contributed by atoms with van der Waals surface area (Å²) in [7, 11) is 0. The van der Waals surface area contributed by atoms with Crippen LogP contribution in [0.15, 0.2) is 27.1 Å². The monoisotopic (exact) mass is 327 g/mol. The molecule has 0 N–H and O–H groups in total. The van der Waals surface area contributed by atoms with Gasteiger partial charge in [0.1, 0.15) is 5.82 Å². The lowest BCUT2D eigenvalue weighted by molar-refractivity contribution is 0.0490. The number of oxazole rings is 1. The summed E-state index contributed by atoms with van der Waals surface area (Å²) in [5, 5.41) is 0. The van der Waals surface area contributed by atoms with Crippen LogP contribution in [0.3, 0.4) is 0 Å². The topological polar surface area (TPSA) is 52.3 Å². The van der Waals surface area contributed by atoms with Gasteiger partial charge in [-0.3, -0.25) is 0 Å². The molecule has 0 saturated carbocycles. The molecule has 100 valence electrons. The lowest BCUT2D eigenvalue weighted by atomic mass is 10.2. The van der Waals surface area contributed by atoms with Crippen LogP contribution in [-0.2, 0) is 4.74 Å². The summed E-state index contributed by atoms with van der Waals surface area (Å²) in [5.74, 6) is -0.780. The highest BCUT2D eigenvalue weighted by Gasteiger charge is 2.20. The summed E-state index contributed by atoms with van der Waals surface area (Å²) in [6, 6.07) is 4.15. The maximum atomic E-state index is 13.2. The minimum absolute atomic E-state index is 0.0352. The van der Waals surface area contributed by atoms with Gasteiger partial charge < -0.3 is 9.15 Å². The van der Waals surface area contributed by atoms with Crippen LogP contribution in [0.2, 0.25) is 0 Å². The van der Waals surface area contributed by atoms with Gasteiger partial charge in [0.15, 0.2) is 0 Å². The van der Waals surface area contributed by atoms with Crippen molar-refractivity contribution in [3.63, 3.8) is 0 Å². The van der Waals surface area contributed by atoms with Gasteiger partial charge in [-0.25, -0.2) is 14.2 Å². The summed E-state index contributed by atoms with van der Waals surface area (Å²) in [5.41, 5.74) is 0.850. The summed E-state index contributed by atoms with van der Waals surface area (Å²) in [6.07, 6.45) is 0. The summed E-state index contributed by atoms with van der Waals surface area (Å²) < 4.78 is 24.1. The van der Waals surface area contributed by atoms with E-state index in [1.54, 1.807) is 19.9 Å². The molecule has 19 heavy (non-hydrogen) atoms. The van der Waals surface area contributed by atoms with Gasteiger partial charge in [-0.15, -0.1) is 0 Å². The third-order valence-corrected chi connectivity index (χ3v) is 3.11. The predicted molar refractivity (Wildman–Crippen MR) is 70.3 cm³/mol. The van der Waals surface area contributed by atoms with Gasteiger partial charge in [-0.2, -0.15) is 0 Å². The minimum atomic E-state index is -0.578. The molecule has 1 heterocycles. The number of esters is 1. The number of carbonyl (C=O) groups excluding carboxylic acids is 1. The Bertz CT molecular complexity index is 624. The van der Waals surface area contributed by atoms with Crippen molar-refractivity contribution in [1.29, 1.82) is 0 Å². The molecule has 0 unspecified atom stereocenters. The fourth-order valence-corrected chi connectivity index (χ4v) is 1.98. The number of benzene rings is 1. The third kappa shape index (κ3) is 2.84.